The van der Waals surface area contributed by atoms with Crippen LogP contribution < -0.4 is 16.0 Å². The van der Waals surface area contributed by atoms with Crippen LogP contribution in [0.4, 0.5) is 0 Å². The maximum Gasteiger partial charge on any atom is 0.268 e. The molecule has 0 radical (unpaired) electrons. The number of benzene rings is 1. The first kappa shape index (κ1) is 14.9. The van der Waals surface area contributed by atoms with E-state index in [4.69, 9.17) is 26.6 Å². The summed E-state index contributed by atoms with van der Waals surface area (Å²) in [6, 6.07) is 6.80. The fraction of sp³-hybridized carbons (Fsp3) is 0.154. The maximum atomic E-state index is 11.5. The second-order valence-electron chi connectivity index (χ2n) is 4.02. The number of hydrogen-bond acceptors (Lipinski definition) is 4. The van der Waals surface area contributed by atoms with Crippen LogP contribution in [0, 0.1) is 6.92 Å². The van der Waals surface area contributed by atoms with Gasteiger partial charge >= 0.3 is 0 Å². The molecule has 0 aliphatic rings. The van der Waals surface area contributed by atoms with E-state index in [1.807, 2.05) is 0 Å². The highest BCUT2D eigenvalue weighted by molar-refractivity contribution is 9.10. The van der Waals surface area contributed by atoms with Gasteiger partial charge in [-0.2, -0.15) is 0 Å². The van der Waals surface area contributed by atoms with Crippen molar-refractivity contribution in [1.82, 2.24) is 5.43 Å². The highest BCUT2D eigenvalue weighted by Crippen LogP contribution is 2.29. The van der Waals surface area contributed by atoms with Crippen LogP contribution in [0.2, 0.25) is 5.02 Å². The van der Waals surface area contributed by atoms with Gasteiger partial charge in [-0.3, -0.25) is 10.2 Å². The van der Waals surface area contributed by atoms with Gasteiger partial charge in [0.2, 0.25) is 0 Å². The summed E-state index contributed by atoms with van der Waals surface area (Å²) in [5.41, 5.74) is 2.45. The third-order valence-electron chi connectivity index (χ3n) is 2.61. The van der Waals surface area contributed by atoms with Gasteiger partial charge in [0.1, 0.15) is 23.9 Å². The lowest BCUT2D eigenvalue weighted by atomic mass is 10.2. The Balaban J connectivity index is 2.09. The summed E-state index contributed by atoms with van der Waals surface area (Å²) in [5, 5.41) is 0.611. The third kappa shape index (κ3) is 3.33. The summed E-state index contributed by atoms with van der Waals surface area (Å²) < 4.78 is 11.8. The van der Waals surface area contributed by atoms with Gasteiger partial charge in [-0.1, -0.05) is 11.6 Å². The molecule has 3 N–H and O–H groups in total. The fourth-order valence-corrected chi connectivity index (χ4v) is 2.46. The first-order valence-electron chi connectivity index (χ1n) is 5.69. The molecule has 1 heterocycles. The lowest BCUT2D eigenvalue weighted by Gasteiger charge is -2.06. The second kappa shape index (κ2) is 6.30. The first-order valence-corrected chi connectivity index (χ1v) is 6.86. The van der Waals surface area contributed by atoms with Crippen molar-refractivity contribution in [3.8, 4) is 5.75 Å². The molecular weight excluding hydrogens is 348 g/mol. The van der Waals surface area contributed by atoms with E-state index in [-0.39, 0.29) is 6.61 Å². The van der Waals surface area contributed by atoms with Crippen LogP contribution in [-0.4, -0.2) is 5.91 Å². The molecule has 0 saturated carbocycles. The second-order valence-corrected chi connectivity index (χ2v) is 5.31. The number of aryl methyl sites for hydroxylation is 1. The van der Waals surface area contributed by atoms with Gasteiger partial charge in [-0.15, -0.1) is 0 Å². The van der Waals surface area contributed by atoms with Crippen molar-refractivity contribution in [2.24, 2.45) is 5.84 Å². The van der Waals surface area contributed by atoms with E-state index in [1.165, 1.54) is 0 Å². The van der Waals surface area contributed by atoms with E-state index in [0.717, 1.165) is 4.47 Å². The Kier molecular flexibility index (Phi) is 4.69. The van der Waals surface area contributed by atoms with Gasteiger partial charge in [0.25, 0.3) is 5.91 Å². The van der Waals surface area contributed by atoms with Crippen LogP contribution in [0.1, 0.15) is 21.9 Å². The minimum Gasteiger partial charge on any atom is -0.484 e. The van der Waals surface area contributed by atoms with Crippen molar-refractivity contribution in [3.05, 3.63) is 50.8 Å². The predicted octanol–water partition coefficient (Wildman–Crippen LogP) is 3.19. The summed E-state index contributed by atoms with van der Waals surface area (Å²) >= 11 is 9.20. The van der Waals surface area contributed by atoms with Crippen molar-refractivity contribution < 1.29 is 13.9 Å². The van der Waals surface area contributed by atoms with Crippen LogP contribution in [0.3, 0.4) is 0 Å². The molecule has 2 rings (SSSR count). The molecule has 0 aliphatic heterocycles. The molecule has 106 valence electrons. The minimum absolute atomic E-state index is 0.193. The standard InChI is InChI=1S/C13H12BrClN2O3/c1-7-10(13(18)17-16)5-9(20-7)6-19-12-3-2-8(15)4-11(12)14/h2-5H,6,16H2,1H3,(H,17,18). The van der Waals surface area contributed by atoms with Crippen molar-refractivity contribution >= 4 is 33.4 Å². The number of rotatable bonds is 4. The largest absolute Gasteiger partial charge is 0.484 e. The number of ether oxygens (including phenoxy) is 1. The average Bonchev–Trinajstić information content (AvgIpc) is 2.78. The number of carbonyl (C=O) groups excluding carboxylic acids is 1. The van der Waals surface area contributed by atoms with Crippen molar-refractivity contribution in [2.45, 2.75) is 13.5 Å². The number of carbonyl (C=O) groups is 1. The molecule has 1 amide bonds. The van der Waals surface area contributed by atoms with E-state index < -0.39 is 5.91 Å². The highest BCUT2D eigenvalue weighted by Gasteiger charge is 2.14. The number of halogens is 2. The van der Waals surface area contributed by atoms with E-state index in [2.05, 4.69) is 21.4 Å². The number of furan rings is 1. The summed E-state index contributed by atoms with van der Waals surface area (Å²) in [7, 11) is 0. The van der Waals surface area contributed by atoms with E-state index in [0.29, 0.717) is 27.9 Å². The predicted molar refractivity (Wildman–Crippen MR) is 78.6 cm³/mol. The van der Waals surface area contributed by atoms with Crippen molar-refractivity contribution in [2.75, 3.05) is 0 Å². The van der Waals surface area contributed by atoms with Crippen LogP contribution in [0.25, 0.3) is 0 Å². The first-order chi connectivity index (χ1) is 9.51. The molecule has 2 aromatic rings. The molecule has 0 spiro atoms. The Hall–Kier alpha value is -1.50. The number of amides is 1. The molecule has 20 heavy (non-hydrogen) atoms. The molecule has 0 atom stereocenters. The Bertz CT molecular complexity index is 643. The van der Waals surface area contributed by atoms with Crippen LogP contribution in [0.5, 0.6) is 5.75 Å². The molecule has 0 unspecified atom stereocenters. The van der Waals surface area contributed by atoms with Gasteiger partial charge < -0.3 is 9.15 Å². The normalized spacial score (nSPS) is 10.4. The quantitative estimate of drug-likeness (QED) is 0.499. The summed E-state index contributed by atoms with van der Waals surface area (Å²) in [6.45, 7) is 1.88. The van der Waals surface area contributed by atoms with Gasteiger partial charge in [0, 0.05) is 5.02 Å². The maximum absolute atomic E-state index is 11.5. The smallest absolute Gasteiger partial charge is 0.268 e. The Morgan fingerprint density at radius 1 is 1.50 bits per heavy atom. The van der Waals surface area contributed by atoms with E-state index >= 15 is 0 Å². The SMILES string of the molecule is Cc1oc(COc2ccc(Cl)cc2Br)cc1C(=O)NN. The molecule has 1 aromatic heterocycles. The zero-order valence-electron chi connectivity index (χ0n) is 10.6. The number of nitrogen functional groups attached to an aromatic ring is 1. The zero-order valence-corrected chi connectivity index (χ0v) is 12.9. The number of hydrogen-bond donors (Lipinski definition) is 2. The average molecular weight is 360 g/mol. The molecule has 5 nitrogen and oxygen atoms in total. The van der Waals surface area contributed by atoms with Gasteiger partial charge in [0.05, 0.1) is 10.0 Å². The van der Waals surface area contributed by atoms with E-state index in [9.17, 15) is 4.79 Å². The molecule has 0 saturated heterocycles. The topological polar surface area (TPSA) is 77.5 Å². The van der Waals surface area contributed by atoms with Crippen LogP contribution in [0.15, 0.2) is 33.2 Å². The number of nitrogens with two attached hydrogens (primary N) is 1. The summed E-state index contributed by atoms with van der Waals surface area (Å²) in [4.78, 5) is 11.5. The Morgan fingerprint density at radius 2 is 2.25 bits per heavy atom. The van der Waals surface area contributed by atoms with Gasteiger partial charge in [-0.05, 0) is 47.1 Å². The van der Waals surface area contributed by atoms with Gasteiger partial charge in [-0.25, -0.2) is 5.84 Å². The molecule has 1 aromatic carbocycles. The molecule has 7 heteroatoms. The van der Waals surface area contributed by atoms with Crippen LogP contribution >= 0.6 is 27.5 Å². The lowest BCUT2D eigenvalue weighted by Crippen LogP contribution is -2.30. The highest BCUT2D eigenvalue weighted by atomic mass is 79.9. The Morgan fingerprint density at radius 3 is 2.90 bits per heavy atom. The molecule has 0 fully saturated rings. The van der Waals surface area contributed by atoms with Crippen LogP contribution in [-0.2, 0) is 6.61 Å². The minimum atomic E-state index is -0.398. The lowest BCUT2D eigenvalue weighted by molar-refractivity contribution is 0.0952. The molecule has 0 aliphatic carbocycles. The monoisotopic (exact) mass is 358 g/mol. The Labute approximate surface area is 129 Å². The summed E-state index contributed by atoms with van der Waals surface area (Å²) in [5.74, 6) is 6.34. The zero-order chi connectivity index (χ0) is 14.7. The van der Waals surface area contributed by atoms with E-state index in [1.54, 1.807) is 31.2 Å². The number of hydrazine groups is 1. The van der Waals surface area contributed by atoms with Gasteiger partial charge in [0.15, 0.2) is 0 Å². The van der Waals surface area contributed by atoms with Crippen molar-refractivity contribution in [1.29, 1.82) is 0 Å². The van der Waals surface area contributed by atoms with Crippen molar-refractivity contribution in [3.63, 3.8) is 0 Å². The summed E-state index contributed by atoms with van der Waals surface area (Å²) in [6.07, 6.45) is 0. The number of nitrogens with one attached hydrogen (secondary N) is 1. The molecular formula is C13H12BrClN2O3. The third-order valence-corrected chi connectivity index (χ3v) is 3.46. The molecule has 0 bridgehead atoms. The fourth-order valence-electron chi connectivity index (χ4n) is 1.66.